The van der Waals surface area contributed by atoms with E-state index in [1.165, 1.54) is 18.2 Å². The van der Waals surface area contributed by atoms with Crippen LogP contribution in [-0.4, -0.2) is 53.9 Å². The van der Waals surface area contributed by atoms with E-state index in [9.17, 15) is 19.5 Å². The first-order valence-corrected chi connectivity index (χ1v) is 11.9. The number of fused-ring (bicyclic) bond motifs is 1. The van der Waals surface area contributed by atoms with Crippen LogP contribution in [-0.2, 0) is 14.4 Å². The lowest BCUT2D eigenvalue weighted by Crippen LogP contribution is -2.53. The van der Waals surface area contributed by atoms with E-state index >= 15 is 0 Å². The van der Waals surface area contributed by atoms with Gasteiger partial charge >= 0.3 is 0 Å². The van der Waals surface area contributed by atoms with Crippen molar-refractivity contribution in [2.45, 2.75) is 77.6 Å². The minimum Gasteiger partial charge on any atom is -0.383 e. The summed E-state index contributed by atoms with van der Waals surface area (Å²) in [5.41, 5.74) is 2.56. The largest absolute Gasteiger partial charge is 0.383 e. The van der Waals surface area contributed by atoms with Crippen molar-refractivity contribution in [3.05, 3.63) is 29.8 Å². The number of carbonyl (C=O) groups excluding carboxylic acids is 3. The number of aliphatic hydroxyl groups is 1. The van der Waals surface area contributed by atoms with Crippen LogP contribution in [0, 0.1) is 11.8 Å². The number of para-hydroxylation sites is 1. The number of benzodiazepines with no additional fused rings is 1. The van der Waals surface area contributed by atoms with Crippen LogP contribution in [0.5, 0.6) is 0 Å². The monoisotopic (exact) mass is 456 g/mol. The first-order valence-electron chi connectivity index (χ1n) is 11.9. The molecule has 1 aromatic carbocycles. The van der Waals surface area contributed by atoms with Gasteiger partial charge in [0, 0.05) is 18.5 Å². The van der Waals surface area contributed by atoms with Crippen LogP contribution in [0.3, 0.4) is 0 Å². The summed E-state index contributed by atoms with van der Waals surface area (Å²) in [7, 11) is 1.69. The molecule has 33 heavy (non-hydrogen) atoms. The van der Waals surface area contributed by atoms with E-state index in [1.807, 2.05) is 38.1 Å². The summed E-state index contributed by atoms with van der Waals surface area (Å²) in [5.74, 6) is -1.08. The molecule has 8 nitrogen and oxygen atoms in total. The number of nitrogens with one attached hydrogen (secondary N) is 2. The van der Waals surface area contributed by atoms with E-state index in [0.717, 1.165) is 42.6 Å². The highest BCUT2D eigenvalue weighted by Gasteiger charge is 2.34. The lowest BCUT2D eigenvalue weighted by Gasteiger charge is -2.25. The fraction of sp³-hybridized carbons (Fsp3) is 0.600. The van der Waals surface area contributed by atoms with Crippen molar-refractivity contribution in [1.82, 2.24) is 10.6 Å². The van der Waals surface area contributed by atoms with Crippen molar-refractivity contribution in [2.75, 3.05) is 11.9 Å². The first kappa shape index (κ1) is 24.9. The molecule has 3 N–H and O–H groups in total. The number of benzene rings is 1. The Hall–Kier alpha value is -2.74. The number of hydrogen-bond acceptors (Lipinski definition) is 5. The number of hydrogen-bond donors (Lipinski definition) is 3. The molecule has 1 aliphatic carbocycles. The summed E-state index contributed by atoms with van der Waals surface area (Å²) in [6.45, 7) is 5.34. The molecule has 1 heterocycles. The zero-order valence-electron chi connectivity index (χ0n) is 20.0. The summed E-state index contributed by atoms with van der Waals surface area (Å²) in [5, 5.41) is 15.3. The molecule has 180 valence electrons. The number of carbonyl (C=O) groups is 3. The molecule has 1 saturated carbocycles. The third kappa shape index (κ3) is 5.99. The molecule has 1 fully saturated rings. The van der Waals surface area contributed by atoms with Gasteiger partial charge in [-0.1, -0.05) is 51.3 Å². The van der Waals surface area contributed by atoms with Crippen molar-refractivity contribution < 1.29 is 19.5 Å². The van der Waals surface area contributed by atoms with Crippen LogP contribution in [0.4, 0.5) is 5.69 Å². The van der Waals surface area contributed by atoms with E-state index in [1.54, 1.807) is 7.05 Å². The number of aliphatic imine (C=N–C) groups is 1. The van der Waals surface area contributed by atoms with E-state index < -0.39 is 30.1 Å². The zero-order valence-corrected chi connectivity index (χ0v) is 20.0. The highest BCUT2D eigenvalue weighted by atomic mass is 16.3. The zero-order chi connectivity index (χ0) is 24.1. The van der Waals surface area contributed by atoms with Crippen LogP contribution in [0.2, 0.25) is 0 Å². The number of likely N-dealkylation sites (N-methyl/N-ethyl adjacent to an activating group) is 1. The van der Waals surface area contributed by atoms with Gasteiger partial charge in [-0.2, -0.15) is 0 Å². The summed E-state index contributed by atoms with van der Waals surface area (Å²) in [4.78, 5) is 44.6. The van der Waals surface area contributed by atoms with E-state index in [4.69, 9.17) is 4.99 Å². The Morgan fingerprint density at radius 2 is 1.79 bits per heavy atom. The van der Waals surface area contributed by atoms with Gasteiger partial charge in [0.2, 0.25) is 18.0 Å². The Morgan fingerprint density at radius 3 is 2.45 bits per heavy atom. The molecular weight excluding hydrogens is 420 g/mol. The SMILES string of the molecule is CC(C)CC(O)C(=O)N[C@@H](C)C(=O)NC1N=C(C2CCCCC2)c2ccccc2N(C)C1=O. The van der Waals surface area contributed by atoms with Crippen LogP contribution in [0.25, 0.3) is 0 Å². The predicted molar refractivity (Wildman–Crippen MR) is 128 cm³/mol. The molecule has 0 radical (unpaired) electrons. The molecule has 0 bridgehead atoms. The van der Waals surface area contributed by atoms with Gasteiger partial charge in [-0.25, -0.2) is 0 Å². The van der Waals surface area contributed by atoms with Crippen molar-refractivity contribution in [2.24, 2.45) is 16.8 Å². The second kappa shape index (κ2) is 10.9. The van der Waals surface area contributed by atoms with Gasteiger partial charge in [0.05, 0.1) is 11.4 Å². The maximum Gasteiger partial charge on any atom is 0.272 e. The second-order valence-electron chi connectivity index (χ2n) is 9.55. The number of aliphatic hydroxyl groups excluding tert-OH is 1. The fourth-order valence-electron chi connectivity index (χ4n) is 4.53. The predicted octanol–water partition coefficient (Wildman–Crippen LogP) is 2.39. The molecule has 3 rings (SSSR count). The minimum atomic E-state index is -1.18. The fourth-order valence-corrected chi connectivity index (χ4v) is 4.53. The van der Waals surface area contributed by atoms with Gasteiger partial charge in [-0.05, 0) is 38.2 Å². The molecular formula is C25H36N4O4. The number of rotatable bonds is 7. The average Bonchev–Trinajstić information content (AvgIpc) is 2.90. The average molecular weight is 457 g/mol. The maximum atomic E-state index is 13.2. The highest BCUT2D eigenvalue weighted by molar-refractivity contribution is 6.14. The van der Waals surface area contributed by atoms with Gasteiger partial charge in [0.25, 0.3) is 5.91 Å². The van der Waals surface area contributed by atoms with Gasteiger partial charge in [0.1, 0.15) is 12.1 Å². The lowest BCUT2D eigenvalue weighted by atomic mass is 9.83. The number of anilines is 1. The smallest absolute Gasteiger partial charge is 0.272 e. The van der Waals surface area contributed by atoms with Gasteiger partial charge in [-0.15, -0.1) is 0 Å². The highest BCUT2D eigenvalue weighted by Crippen LogP contribution is 2.33. The quantitative estimate of drug-likeness (QED) is 0.585. The molecule has 3 amide bonds. The molecule has 1 aromatic rings. The molecule has 0 saturated heterocycles. The van der Waals surface area contributed by atoms with Gasteiger partial charge in [-0.3, -0.25) is 19.4 Å². The van der Waals surface area contributed by atoms with Crippen LogP contribution in [0.1, 0.15) is 64.9 Å². The molecule has 2 aliphatic rings. The summed E-state index contributed by atoms with van der Waals surface area (Å²) in [6.07, 6.45) is 3.49. The maximum absolute atomic E-state index is 13.2. The minimum absolute atomic E-state index is 0.142. The molecule has 3 atom stereocenters. The van der Waals surface area contributed by atoms with Crippen molar-refractivity contribution in [3.8, 4) is 0 Å². The Morgan fingerprint density at radius 1 is 1.12 bits per heavy atom. The topological polar surface area (TPSA) is 111 Å². The normalized spacial score (nSPS) is 21.0. The van der Waals surface area contributed by atoms with E-state index in [2.05, 4.69) is 10.6 Å². The molecule has 8 heteroatoms. The van der Waals surface area contributed by atoms with Crippen LogP contribution in [0.15, 0.2) is 29.3 Å². The second-order valence-corrected chi connectivity index (χ2v) is 9.55. The molecule has 0 spiro atoms. The molecule has 0 aromatic heterocycles. The Kier molecular flexibility index (Phi) is 8.24. The number of amides is 3. The Labute approximate surface area is 195 Å². The Bertz CT molecular complexity index is 907. The van der Waals surface area contributed by atoms with Crippen molar-refractivity contribution in [3.63, 3.8) is 0 Å². The van der Waals surface area contributed by atoms with Gasteiger partial charge in [0.15, 0.2) is 0 Å². The van der Waals surface area contributed by atoms with Crippen LogP contribution < -0.4 is 15.5 Å². The van der Waals surface area contributed by atoms with E-state index in [0.29, 0.717) is 6.42 Å². The van der Waals surface area contributed by atoms with Crippen molar-refractivity contribution in [1.29, 1.82) is 0 Å². The number of nitrogens with zero attached hydrogens (tertiary/aromatic N) is 2. The third-order valence-corrected chi connectivity index (χ3v) is 6.39. The Balaban J connectivity index is 1.80. The standard InChI is InChI=1S/C25H36N4O4/c1-15(2)14-20(30)24(32)26-16(3)23(31)28-22-25(33)29(4)19-13-9-8-12-18(19)21(27-22)17-10-6-5-7-11-17/h8-9,12-13,15-17,20,22,30H,5-7,10-11,14H2,1-4H3,(H,26,32)(H,28,31)/t16-,20?,22?/m0/s1. The van der Waals surface area contributed by atoms with E-state index in [-0.39, 0.29) is 17.7 Å². The first-order chi connectivity index (χ1) is 15.7. The molecule has 2 unspecified atom stereocenters. The van der Waals surface area contributed by atoms with Crippen molar-refractivity contribution >= 4 is 29.1 Å². The summed E-state index contributed by atoms with van der Waals surface area (Å²) < 4.78 is 0. The van der Waals surface area contributed by atoms with Crippen LogP contribution >= 0.6 is 0 Å². The lowest BCUT2D eigenvalue weighted by molar-refractivity contribution is -0.135. The summed E-state index contributed by atoms with van der Waals surface area (Å²) in [6, 6.07) is 6.79. The summed E-state index contributed by atoms with van der Waals surface area (Å²) >= 11 is 0. The molecule has 1 aliphatic heterocycles. The third-order valence-electron chi connectivity index (χ3n) is 6.39. The van der Waals surface area contributed by atoms with Gasteiger partial charge < -0.3 is 20.6 Å².